The van der Waals surface area contributed by atoms with Crippen molar-refractivity contribution in [2.45, 2.75) is 44.0 Å². The fourth-order valence-electron chi connectivity index (χ4n) is 1.88. The molecule has 0 aliphatic heterocycles. The molecule has 1 heterocycles. The molecule has 8 heteroatoms. The van der Waals surface area contributed by atoms with Gasteiger partial charge in [-0.25, -0.2) is 8.42 Å². The standard InChI is InChI=1S/C11H19N3O4S/c1-5-6-11(3,10(15)18-4)14-19(16,17)9-7-12-13-8(9)2/h7,14H,5-6H2,1-4H3,(H,12,13). The number of sulfonamides is 1. The summed E-state index contributed by atoms with van der Waals surface area (Å²) >= 11 is 0. The third-order valence-electron chi connectivity index (χ3n) is 2.82. The third-order valence-corrected chi connectivity index (χ3v) is 4.53. The SMILES string of the molecule is CCCC(C)(NS(=O)(=O)c1cn[nH]c1C)C(=O)OC. The fourth-order valence-corrected chi connectivity index (χ4v) is 3.41. The largest absolute Gasteiger partial charge is 0.468 e. The lowest BCUT2D eigenvalue weighted by Crippen LogP contribution is -2.52. The number of rotatable bonds is 6. The number of ether oxygens (including phenoxy) is 1. The van der Waals surface area contributed by atoms with Gasteiger partial charge in [0.05, 0.1) is 19.0 Å². The van der Waals surface area contributed by atoms with E-state index in [4.69, 9.17) is 0 Å². The number of hydrogen-bond donors (Lipinski definition) is 2. The first kappa shape index (κ1) is 15.6. The number of esters is 1. The lowest BCUT2D eigenvalue weighted by Gasteiger charge is -2.27. The van der Waals surface area contributed by atoms with E-state index in [1.165, 1.54) is 20.2 Å². The Kier molecular flexibility index (Phi) is 4.70. The molecule has 0 amide bonds. The maximum absolute atomic E-state index is 12.2. The fraction of sp³-hybridized carbons (Fsp3) is 0.636. The van der Waals surface area contributed by atoms with Crippen LogP contribution in [-0.4, -0.2) is 37.2 Å². The molecule has 0 aliphatic carbocycles. The van der Waals surface area contributed by atoms with E-state index in [1.54, 1.807) is 6.92 Å². The Morgan fingerprint density at radius 3 is 2.63 bits per heavy atom. The average molecular weight is 289 g/mol. The Morgan fingerprint density at radius 2 is 2.21 bits per heavy atom. The Labute approximate surface area is 112 Å². The topological polar surface area (TPSA) is 101 Å². The molecule has 1 atom stereocenters. The molecular weight excluding hydrogens is 270 g/mol. The van der Waals surface area contributed by atoms with Crippen LogP contribution in [0.2, 0.25) is 0 Å². The second-order valence-corrected chi connectivity index (χ2v) is 6.19. The number of nitrogens with zero attached hydrogens (tertiary/aromatic N) is 1. The van der Waals surface area contributed by atoms with Crippen LogP contribution in [0.15, 0.2) is 11.1 Å². The predicted octanol–water partition coefficient (Wildman–Crippen LogP) is 0.728. The summed E-state index contributed by atoms with van der Waals surface area (Å²) in [5, 5.41) is 6.22. The average Bonchev–Trinajstić information content (AvgIpc) is 2.74. The van der Waals surface area contributed by atoms with Crippen molar-refractivity contribution in [1.82, 2.24) is 14.9 Å². The van der Waals surface area contributed by atoms with Crippen molar-refractivity contribution >= 4 is 16.0 Å². The van der Waals surface area contributed by atoms with Gasteiger partial charge in [-0.05, 0) is 20.3 Å². The first-order valence-corrected chi connectivity index (χ1v) is 7.37. The highest BCUT2D eigenvalue weighted by atomic mass is 32.2. The summed E-state index contributed by atoms with van der Waals surface area (Å²) in [6.07, 6.45) is 2.19. The van der Waals surface area contributed by atoms with Crippen molar-refractivity contribution in [3.63, 3.8) is 0 Å². The predicted molar refractivity (Wildman–Crippen MR) is 69.0 cm³/mol. The molecule has 0 saturated heterocycles. The van der Waals surface area contributed by atoms with Crippen molar-refractivity contribution in [2.75, 3.05) is 7.11 Å². The highest BCUT2D eigenvalue weighted by molar-refractivity contribution is 7.89. The molecule has 0 fully saturated rings. The number of carbonyl (C=O) groups is 1. The minimum absolute atomic E-state index is 0.0266. The minimum atomic E-state index is -3.83. The molecule has 1 aromatic heterocycles. The lowest BCUT2D eigenvalue weighted by molar-refractivity contribution is -0.147. The summed E-state index contributed by atoms with van der Waals surface area (Å²) in [6.45, 7) is 4.96. The van der Waals surface area contributed by atoms with E-state index in [2.05, 4.69) is 19.7 Å². The number of hydrogen-bond acceptors (Lipinski definition) is 5. The Morgan fingerprint density at radius 1 is 1.58 bits per heavy atom. The van der Waals surface area contributed by atoms with Crippen molar-refractivity contribution in [1.29, 1.82) is 0 Å². The van der Waals surface area contributed by atoms with Crippen LogP contribution in [0.1, 0.15) is 32.4 Å². The van der Waals surface area contributed by atoms with Gasteiger partial charge in [-0.2, -0.15) is 9.82 Å². The van der Waals surface area contributed by atoms with E-state index in [9.17, 15) is 13.2 Å². The maximum Gasteiger partial charge on any atom is 0.326 e. The van der Waals surface area contributed by atoms with E-state index in [0.717, 1.165) is 0 Å². The van der Waals surface area contributed by atoms with E-state index >= 15 is 0 Å². The van der Waals surface area contributed by atoms with Crippen LogP contribution < -0.4 is 4.72 Å². The summed E-state index contributed by atoms with van der Waals surface area (Å²) in [6, 6.07) is 0. The normalized spacial score (nSPS) is 14.9. The molecule has 7 nitrogen and oxygen atoms in total. The summed E-state index contributed by atoms with van der Waals surface area (Å²) in [7, 11) is -2.60. The Bertz CT molecular complexity index is 552. The van der Waals surface area contributed by atoms with Gasteiger partial charge in [-0.1, -0.05) is 13.3 Å². The molecule has 2 N–H and O–H groups in total. The van der Waals surface area contributed by atoms with Gasteiger partial charge >= 0.3 is 5.97 Å². The van der Waals surface area contributed by atoms with Gasteiger partial charge in [0.15, 0.2) is 0 Å². The summed E-state index contributed by atoms with van der Waals surface area (Å²) in [4.78, 5) is 11.8. The summed E-state index contributed by atoms with van der Waals surface area (Å²) in [5.74, 6) is -0.612. The van der Waals surface area contributed by atoms with Crippen molar-refractivity contribution in [3.8, 4) is 0 Å². The Hall–Kier alpha value is -1.41. The van der Waals surface area contributed by atoms with Crippen LogP contribution in [0.4, 0.5) is 0 Å². The van der Waals surface area contributed by atoms with E-state index in [1.807, 2.05) is 6.92 Å². The lowest BCUT2D eigenvalue weighted by atomic mass is 9.98. The summed E-state index contributed by atoms with van der Waals surface area (Å²) < 4.78 is 31.6. The van der Waals surface area contributed by atoms with Gasteiger partial charge in [-0.3, -0.25) is 9.89 Å². The quantitative estimate of drug-likeness (QED) is 0.752. The van der Waals surface area contributed by atoms with Crippen LogP contribution in [0.5, 0.6) is 0 Å². The molecule has 1 unspecified atom stereocenters. The second-order valence-electron chi connectivity index (χ2n) is 4.54. The number of aromatic nitrogens is 2. The first-order chi connectivity index (χ1) is 8.77. The van der Waals surface area contributed by atoms with Crippen molar-refractivity contribution in [2.24, 2.45) is 0 Å². The second kappa shape index (κ2) is 5.70. The zero-order valence-corrected chi connectivity index (χ0v) is 12.3. The van der Waals surface area contributed by atoms with E-state index in [-0.39, 0.29) is 4.90 Å². The van der Waals surface area contributed by atoms with Crippen molar-refractivity contribution < 1.29 is 17.9 Å². The van der Waals surface area contributed by atoms with Crippen LogP contribution >= 0.6 is 0 Å². The molecule has 0 bridgehead atoms. The monoisotopic (exact) mass is 289 g/mol. The molecular formula is C11H19N3O4S. The smallest absolute Gasteiger partial charge is 0.326 e. The van der Waals surface area contributed by atoms with Crippen molar-refractivity contribution in [3.05, 3.63) is 11.9 Å². The minimum Gasteiger partial charge on any atom is -0.468 e. The molecule has 0 radical (unpaired) electrons. The van der Waals surface area contributed by atoms with Gasteiger partial charge in [0.2, 0.25) is 10.0 Å². The van der Waals surface area contributed by atoms with Crippen LogP contribution in [-0.2, 0) is 19.6 Å². The zero-order chi connectivity index (χ0) is 14.7. The van der Waals surface area contributed by atoms with Crippen LogP contribution in [0, 0.1) is 6.92 Å². The molecule has 0 aromatic carbocycles. The number of aryl methyl sites for hydroxylation is 1. The van der Waals surface area contributed by atoms with E-state index in [0.29, 0.717) is 18.5 Å². The van der Waals surface area contributed by atoms with Crippen LogP contribution in [0.3, 0.4) is 0 Å². The number of nitrogens with one attached hydrogen (secondary N) is 2. The molecule has 1 rings (SSSR count). The maximum atomic E-state index is 12.2. The molecule has 0 spiro atoms. The number of H-pyrrole nitrogens is 1. The number of methoxy groups -OCH3 is 1. The molecule has 108 valence electrons. The van der Waals surface area contributed by atoms with Gasteiger partial charge in [-0.15, -0.1) is 0 Å². The third kappa shape index (κ3) is 3.32. The highest BCUT2D eigenvalue weighted by Crippen LogP contribution is 2.20. The van der Waals surface area contributed by atoms with Gasteiger partial charge < -0.3 is 4.74 Å². The van der Waals surface area contributed by atoms with Gasteiger partial charge in [0.25, 0.3) is 0 Å². The highest BCUT2D eigenvalue weighted by Gasteiger charge is 2.38. The van der Waals surface area contributed by atoms with Gasteiger partial charge in [0.1, 0.15) is 10.4 Å². The molecule has 1 aromatic rings. The summed E-state index contributed by atoms with van der Waals surface area (Å²) in [5.41, 5.74) is -0.873. The Balaban J connectivity index is 3.10. The van der Waals surface area contributed by atoms with Gasteiger partial charge in [0, 0.05) is 0 Å². The zero-order valence-electron chi connectivity index (χ0n) is 11.5. The number of carbonyl (C=O) groups excluding carboxylic acids is 1. The molecule has 19 heavy (non-hydrogen) atoms. The van der Waals surface area contributed by atoms with E-state index < -0.39 is 21.5 Å². The molecule has 0 saturated carbocycles. The first-order valence-electron chi connectivity index (χ1n) is 5.89. The molecule has 0 aliphatic rings. The number of aromatic amines is 1. The van der Waals surface area contributed by atoms with Crippen LogP contribution in [0.25, 0.3) is 0 Å².